The second-order valence-electron chi connectivity index (χ2n) is 3.23. The molecule has 0 aliphatic carbocycles. The highest BCUT2D eigenvalue weighted by atomic mass is 16.5. The third-order valence-electron chi connectivity index (χ3n) is 1.92. The van der Waals surface area contributed by atoms with Crippen LogP contribution in [-0.4, -0.2) is 41.8 Å². The highest BCUT2D eigenvalue weighted by Crippen LogP contribution is 1.95. The zero-order valence-corrected chi connectivity index (χ0v) is 8.86. The molecule has 0 aromatic carbocycles. The molecule has 80 valence electrons. The van der Waals surface area contributed by atoms with Crippen LogP contribution in [0.1, 0.15) is 12.1 Å². The molecule has 1 heterocycles. The largest absolute Gasteiger partial charge is 0.383 e. The molecule has 1 rings (SSSR count). The molecule has 1 aromatic heterocycles. The van der Waals surface area contributed by atoms with Gasteiger partial charge in [-0.05, 0) is 19.4 Å². The predicted octanol–water partition coefficient (Wildman–Crippen LogP) is -0.0163. The molecule has 1 aromatic rings. The number of aryl methyl sites for hydroxylation is 2. The van der Waals surface area contributed by atoms with Gasteiger partial charge in [0.05, 0.1) is 12.3 Å². The van der Waals surface area contributed by atoms with Crippen molar-refractivity contribution in [3.8, 4) is 0 Å². The van der Waals surface area contributed by atoms with E-state index in [0.717, 1.165) is 38.2 Å². The van der Waals surface area contributed by atoms with Crippen LogP contribution in [0.25, 0.3) is 0 Å². The Morgan fingerprint density at radius 2 is 2.36 bits per heavy atom. The number of methoxy groups -OCH3 is 1. The first-order chi connectivity index (χ1) is 6.83. The molecular weight excluding hydrogens is 180 g/mol. The van der Waals surface area contributed by atoms with Crippen molar-refractivity contribution in [1.29, 1.82) is 0 Å². The first-order valence-electron chi connectivity index (χ1n) is 4.88. The summed E-state index contributed by atoms with van der Waals surface area (Å²) >= 11 is 0. The summed E-state index contributed by atoms with van der Waals surface area (Å²) in [5.74, 6) is 0. The highest BCUT2D eigenvalue weighted by molar-refractivity contribution is 4.91. The summed E-state index contributed by atoms with van der Waals surface area (Å²) in [5, 5.41) is 11.2. The zero-order valence-electron chi connectivity index (χ0n) is 8.86. The van der Waals surface area contributed by atoms with E-state index in [1.807, 2.05) is 13.2 Å². The van der Waals surface area contributed by atoms with Crippen molar-refractivity contribution < 1.29 is 4.74 Å². The van der Waals surface area contributed by atoms with Crippen LogP contribution in [0.2, 0.25) is 0 Å². The van der Waals surface area contributed by atoms with Gasteiger partial charge in [-0.3, -0.25) is 4.68 Å². The van der Waals surface area contributed by atoms with Crippen molar-refractivity contribution in [1.82, 2.24) is 20.3 Å². The molecule has 0 saturated heterocycles. The van der Waals surface area contributed by atoms with Gasteiger partial charge in [0.15, 0.2) is 0 Å². The van der Waals surface area contributed by atoms with E-state index in [1.165, 1.54) is 0 Å². The Labute approximate surface area is 84.4 Å². The van der Waals surface area contributed by atoms with Gasteiger partial charge in [-0.2, -0.15) is 0 Å². The van der Waals surface area contributed by atoms with Gasteiger partial charge < -0.3 is 10.1 Å². The number of nitrogens with zero attached hydrogens (tertiary/aromatic N) is 3. The number of hydrogen-bond acceptors (Lipinski definition) is 4. The Bertz CT molecular complexity index is 249. The smallest absolute Gasteiger partial charge is 0.0827 e. The molecule has 0 spiro atoms. The van der Waals surface area contributed by atoms with Crippen molar-refractivity contribution in [3.05, 3.63) is 11.9 Å². The van der Waals surface area contributed by atoms with Crippen molar-refractivity contribution >= 4 is 0 Å². The van der Waals surface area contributed by atoms with Crippen LogP contribution in [0, 0.1) is 0 Å². The average molecular weight is 198 g/mol. The van der Waals surface area contributed by atoms with E-state index in [1.54, 1.807) is 11.8 Å². The monoisotopic (exact) mass is 198 g/mol. The van der Waals surface area contributed by atoms with Crippen LogP contribution in [0.15, 0.2) is 6.20 Å². The third-order valence-corrected chi connectivity index (χ3v) is 1.92. The summed E-state index contributed by atoms with van der Waals surface area (Å²) in [6.07, 6.45) is 4.02. The van der Waals surface area contributed by atoms with E-state index in [2.05, 4.69) is 15.6 Å². The van der Waals surface area contributed by atoms with Crippen LogP contribution >= 0.6 is 0 Å². The fourth-order valence-corrected chi connectivity index (χ4v) is 1.20. The lowest BCUT2D eigenvalue weighted by Crippen LogP contribution is -2.20. The molecular formula is C9H18N4O. The average Bonchev–Trinajstić information content (AvgIpc) is 2.58. The summed E-state index contributed by atoms with van der Waals surface area (Å²) in [5.41, 5.74) is 1.06. The molecule has 5 heteroatoms. The number of aromatic nitrogens is 3. The number of hydrogen-bond donors (Lipinski definition) is 1. The minimum Gasteiger partial charge on any atom is -0.383 e. The SMILES string of the molecule is COCCNCCCc1cn(C)nn1. The van der Waals surface area contributed by atoms with Crippen molar-refractivity contribution in [3.63, 3.8) is 0 Å². The molecule has 0 bridgehead atoms. The molecule has 0 saturated carbocycles. The number of rotatable bonds is 7. The molecule has 0 radical (unpaired) electrons. The lowest BCUT2D eigenvalue weighted by atomic mass is 10.2. The molecule has 1 N–H and O–H groups in total. The van der Waals surface area contributed by atoms with Crippen LogP contribution in [0.5, 0.6) is 0 Å². The Kier molecular flexibility index (Phi) is 5.17. The van der Waals surface area contributed by atoms with E-state index in [9.17, 15) is 0 Å². The van der Waals surface area contributed by atoms with Crippen LogP contribution in [0.3, 0.4) is 0 Å². The van der Waals surface area contributed by atoms with Gasteiger partial charge in [0.1, 0.15) is 0 Å². The zero-order chi connectivity index (χ0) is 10.2. The molecule has 0 unspecified atom stereocenters. The molecule has 5 nitrogen and oxygen atoms in total. The maximum absolute atomic E-state index is 4.92. The van der Waals surface area contributed by atoms with E-state index in [-0.39, 0.29) is 0 Å². The Morgan fingerprint density at radius 3 is 3.00 bits per heavy atom. The number of ether oxygens (including phenoxy) is 1. The van der Waals surface area contributed by atoms with Crippen LogP contribution in [-0.2, 0) is 18.2 Å². The second kappa shape index (κ2) is 6.50. The summed E-state index contributed by atoms with van der Waals surface area (Å²) in [4.78, 5) is 0. The van der Waals surface area contributed by atoms with Crippen molar-refractivity contribution in [2.75, 3.05) is 26.8 Å². The van der Waals surface area contributed by atoms with Gasteiger partial charge in [-0.1, -0.05) is 5.21 Å². The van der Waals surface area contributed by atoms with Gasteiger partial charge >= 0.3 is 0 Å². The van der Waals surface area contributed by atoms with Crippen molar-refractivity contribution in [2.24, 2.45) is 7.05 Å². The first kappa shape index (κ1) is 11.1. The summed E-state index contributed by atoms with van der Waals surface area (Å²) < 4.78 is 6.65. The summed E-state index contributed by atoms with van der Waals surface area (Å²) in [6.45, 7) is 2.68. The fraction of sp³-hybridized carbons (Fsp3) is 0.778. The van der Waals surface area contributed by atoms with Gasteiger partial charge in [-0.15, -0.1) is 5.10 Å². The molecule has 0 aliphatic rings. The Morgan fingerprint density at radius 1 is 1.50 bits per heavy atom. The maximum Gasteiger partial charge on any atom is 0.0827 e. The molecule has 0 atom stereocenters. The fourth-order valence-electron chi connectivity index (χ4n) is 1.20. The maximum atomic E-state index is 4.92. The standard InChI is InChI=1S/C9H18N4O/c1-13-8-9(11-12-13)4-3-5-10-6-7-14-2/h8,10H,3-7H2,1-2H3. The quantitative estimate of drug-likeness (QED) is 0.626. The van der Waals surface area contributed by atoms with Gasteiger partial charge in [0.25, 0.3) is 0 Å². The molecule has 14 heavy (non-hydrogen) atoms. The van der Waals surface area contributed by atoms with Crippen molar-refractivity contribution in [2.45, 2.75) is 12.8 Å². The lowest BCUT2D eigenvalue weighted by molar-refractivity contribution is 0.199. The summed E-state index contributed by atoms with van der Waals surface area (Å²) in [7, 11) is 3.59. The number of nitrogens with one attached hydrogen (secondary N) is 1. The van der Waals surface area contributed by atoms with Crippen LogP contribution < -0.4 is 5.32 Å². The van der Waals surface area contributed by atoms with E-state index in [4.69, 9.17) is 4.74 Å². The van der Waals surface area contributed by atoms with E-state index >= 15 is 0 Å². The lowest BCUT2D eigenvalue weighted by Gasteiger charge is -2.01. The summed E-state index contributed by atoms with van der Waals surface area (Å²) in [6, 6.07) is 0. The van der Waals surface area contributed by atoms with Crippen LogP contribution in [0.4, 0.5) is 0 Å². The minimum atomic E-state index is 0.769. The van der Waals surface area contributed by atoms with Gasteiger partial charge in [0, 0.05) is 26.9 Å². The highest BCUT2D eigenvalue weighted by Gasteiger charge is 1.97. The van der Waals surface area contributed by atoms with Gasteiger partial charge in [-0.25, -0.2) is 0 Å². The minimum absolute atomic E-state index is 0.769. The normalized spacial score (nSPS) is 10.7. The van der Waals surface area contributed by atoms with Gasteiger partial charge in [0.2, 0.25) is 0 Å². The Hall–Kier alpha value is -0.940. The first-order valence-corrected chi connectivity index (χ1v) is 4.88. The topological polar surface area (TPSA) is 52.0 Å². The molecule has 0 fully saturated rings. The van der Waals surface area contributed by atoms with E-state index in [0.29, 0.717) is 0 Å². The third kappa shape index (κ3) is 4.34. The Balaban J connectivity index is 1.99. The second-order valence-corrected chi connectivity index (χ2v) is 3.23. The molecule has 0 amide bonds. The predicted molar refractivity (Wildman–Crippen MR) is 54.1 cm³/mol. The molecule has 0 aliphatic heterocycles. The van der Waals surface area contributed by atoms with E-state index < -0.39 is 0 Å².